The number of ether oxygens (including phenoxy) is 3. The highest BCUT2D eigenvalue weighted by Crippen LogP contribution is 2.40. The van der Waals surface area contributed by atoms with Gasteiger partial charge < -0.3 is 29.8 Å². The molecule has 2 aromatic carbocycles. The standard InChI is InChI=1S/C23H29N3O3S/c1-15(14-27-2)26-23(30)25-13-19(17-9-7-11-21(28-3)22(17)29-4)18-12-24-20-10-6-5-8-16(18)20/h5-12,15,19,24H,13-14H2,1-4H3,(H2,25,26,30)/t15-,19+/m0/s1. The van der Waals surface area contributed by atoms with Gasteiger partial charge in [0.25, 0.3) is 0 Å². The van der Waals surface area contributed by atoms with Crippen molar-refractivity contribution in [2.45, 2.75) is 18.9 Å². The van der Waals surface area contributed by atoms with E-state index in [0.29, 0.717) is 24.0 Å². The molecule has 0 aliphatic heterocycles. The van der Waals surface area contributed by atoms with Gasteiger partial charge in [-0.2, -0.15) is 0 Å². The minimum Gasteiger partial charge on any atom is -0.493 e. The number of thiocarbonyl (C=S) groups is 1. The molecule has 0 saturated heterocycles. The first kappa shape index (κ1) is 21.9. The van der Waals surface area contributed by atoms with Crippen LogP contribution < -0.4 is 20.1 Å². The summed E-state index contributed by atoms with van der Waals surface area (Å²) in [4.78, 5) is 3.38. The van der Waals surface area contributed by atoms with Crippen molar-refractivity contribution in [2.75, 3.05) is 34.5 Å². The molecule has 1 aromatic heterocycles. The summed E-state index contributed by atoms with van der Waals surface area (Å²) in [6.45, 7) is 3.20. The molecular weight excluding hydrogens is 398 g/mol. The summed E-state index contributed by atoms with van der Waals surface area (Å²) in [7, 11) is 4.99. The number of fused-ring (bicyclic) bond motifs is 1. The van der Waals surface area contributed by atoms with Crippen molar-refractivity contribution in [1.29, 1.82) is 0 Å². The summed E-state index contributed by atoms with van der Waals surface area (Å²) in [5.74, 6) is 1.42. The molecule has 3 rings (SSSR count). The van der Waals surface area contributed by atoms with E-state index < -0.39 is 0 Å². The van der Waals surface area contributed by atoms with Gasteiger partial charge in [-0.1, -0.05) is 30.3 Å². The molecule has 0 aliphatic rings. The van der Waals surface area contributed by atoms with Crippen LogP contribution in [0.4, 0.5) is 0 Å². The maximum atomic E-state index is 5.73. The Morgan fingerprint density at radius 1 is 1.03 bits per heavy atom. The van der Waals surface area contributed by atoms with E-state index in [9.17, 15) is 0 Å². The van der Waals surface area contributed by atoms with E-state index in [1.165, 1.54) is 5.39 Å². The molecule has 0 saturated carbocycles. The van der Waals surface area contributed by atoms with Gasteiger partial charge in [0, 0.05) is 48.3 Å². The van der Waals surface area contributed by atoms with E-state index in [1.54, 1.807) is 21.3 Å². The first-order valence-corrected chi connectivity index (χ1v) is 10.3. The second kappa shape index (κ2) is 10.3. The minimum absolute atomic E-state index is 0.0105. The lowest BCUT2D eigenvalue weighted by atomic mass is 9.90. The van der Waals surface area contributed by atoms with Crippen LogP contribution >= 0.6 is 12.2 Å². The monoisotopic (exact) mass is 427 g/mol. The van der Waals surface area contributed by atoms with Crippen LogP contribution in [0.5, 0.6) is 11.5 Å². The molecule has 0 radical (unpaired) electrons. The van der Waals surface area contributed by atoms with Gasteiger partial charge >= 0.3 is 0 Å². The van der Waals surface area contributed by atoms with Crippen molar-refractivity contribution < 1.29 is 14.2 Å². The smallest absolute Gasteiger partial charge is 0.166 e. The highest BCUT2D eigenvalue weighted by Gasteiger charge is 2.24. The molecule has 160 valence electrons. The van der Waals surface area contributed by atoms with Crippen LogP contribution in [0, 0.1) is 0 Å². The molecule has 0 aliphatic carbocycles. The van der Waals surface area contributed by atoms with Gasteiger partial charge in [-0.15, -0.1) is 0 Å². The predicted molar refractivity (Wildman–Crippen MR) is 125 cm³/mol. The van der Waals surface area contributed by atoms with Crippen LogP contribution in [0.1, 0.15) is 24.0 Å². The van der Waals surface area contributed by atoms with Gasteiger partial charge in [0.1, 0.15) is 0 Å². The molecule has 0 unspecified atom stereocenters. The number of para-hydroxylation sites is 2. The van der Waals surface area contributed by atoms with Gasteiger partial charge in [-0.05, 0) is 36.8 Å². The van der Waals surface area contributed by atoms with Crippen LogP contribution in [-0.4, -0.2) is 50.6 Å². The third-order valence-electron chi connectivity index (χ3n) is 5.07. The Morgan fingerprint density at radius 2 is 1.83 bits per heavy atom. The number of nitrogens with one attached hydrogen (secondary N) is 3. The summed E-state index contributed by atoms with van der Waals surface area (Å²) in [5, 5.41) is 8.38. The Labute approximate surface area is 182 Å². The van der Waals surface area contributed by atoms with Crippen molar-refractivity contribution in [3.8, 4) is 11.5 Å². The van der Waals surface area contributed by atoms with E-state index in [-0.39, 0.29) is 12.0 Å². The largest absolute Gasteiger partial charge is 0.493 e. The molecule has 3 aromatic rings. The fourth-order valence-electron chi connectivity index (χ4n) is 3.72. The average molecular weight is 428 g/mol. The lowest BCUT2D eigenvalue weighted by Gasteiger charge is -2.23. The van der Waals surface area contributed by atoms with Crippen LogP contribution in [0.2, 0.25) is 0 Å². The number of hydrogen-bond acceptors (Lipinski definition) is 4. The first-order valence-electron chi connectivity index (χ1n) is 9.89. The number of H-pyrrole nitrogens is 1. The van der Waals surface area contributed by atoms with Crippen molar-refractivity contribution in [3.63, 3.8) is 0 Å². The van der Waals surface area contributed by atoms with Crippen molar-refractivity contribution in [2.24, 2.45) is 0 Å². The zero-order chi connectivity index (χ0) is 21.5. The number of aromatic amines is 1. The van der Waals surface area contributed by atoms with Gasteiger partial charge in [-0.3, -0.25) is 0 Å². The van der Waals surface area contributed by atoms with Gasteiger partial charge in [-0.25, -0.2) is 0 Å². The second-order valence-electron chi connectivity index (χ2n) is 7.14. The molecule has 7 heteroatoms. The molecule has 0 amide bonds. The van der Waals surface area contributed by atoms with E-state index in [2.05, 4.69) is 40.0 Å². The fraction of sp³-hybridized carbons (Fsp3) is 0.348. The van der Waals surface area contributed by atoms with Crippen LogP contribution in [0.15, 0.2) is 48.7 Å². The Kier molecular flexibility index (Phi) is 7.54. The summed E-state index contributed by atoms with van der Waals surface area (Å²) < 4.78 is 16.4. The van der Waals surface area contributed by atoms with E-state index in [0.717, 1.165) is 22.4 Å². The highest BCUT2D eigenvalue weighted by molar-refractivity contribution is 7.80. The quantitative estimate of drug-likeness (QED) is 0.451. The molecule has 1 heterocycles. The number of hydrogen-bond donors (Lipinski definition) is 3. The zero-order valence-corrected chi connectivity index (χ0v) is 18.6. The topological polar surface area (TPSA) is 67.5 Å². The third-order valence-corrected chi connectivity index (χ3v) is 5.33. The number of rotatable bonds is 9. The number of benzene rings is 2. The van der Waals surface area contributed by atoms with Gasteiger partial charge in [0.05, 0.1) is 20.8 Å². The summed E-state index contributed by atoms with van der Waals surface area (Å²) in [6, 6.07) is 14.3. The van der Waals surface area contributed by atoms with E-state index in [4.69, 9.17) is 26.4 Å². The average Bonchev–Trinajstić information content (AvgIpc) is 3.17. The Hall–Kier alpha value is -2.77. The van der Waals surface area contributed by atoms with Gasteiger partial charge in [0.2, 0.25) is 0 Å². The maximum Gasteiger partial charge on any atom is 0.166 e. The Morgan fingerprint density at radius 3 is 2.57 bits per heavy atom. The lowest BCUT2D eigenvalue weighted by molar-refractivity contribution is 0.179. The predicted octanol–water partition coefficient (Wildman–Crippen LogP) is 3.82. The van der Waals surface area contributed by atoms with Crippen molar-refractivity contribution in [3.05, 3.63) is 59.8 Å². The minimum atomic E-state index is -0.0105. The number of methoxy groups -OCH3 is 3. The molecule has 3 N–H and O–H groups in total. The van der Waals surface area contributed by atoms with E-state index in [1.807, 2.05) is 31.2 Å². The molecule has 2 atom stereocenters. The lowest BCUT2D eigenvalue weighted by Crippen LogP contribution is -2.43. The number of aromatic nitrogens is 1. The second-order valence-corrected chi connectivity index (χ2v) is 7.54. The van der Waals surface area contributed by atoms with Crippen molar-refractivity contribution in [1.82, 2.24) is 15.6 Å². The molecule has 0 spiro atoms. The SMILES string of the molecule is COC[C@H](C)NC(=S)NC[C@H](c1cccc(OC)c1OC)c1c[nH]c2ccccc12. The third kappa shape index (κ3) is 4.86. The van der Waals surface area contributed by atoms with Crippen LogP contribution in [-0.2, 0) is 4.74 Å². The van der Waals surface area contributed by atoms with Crippen LogP contribution in [0.25, 0.3) is 10.9 Å². The molecule has 0 bridgehead atoms. The van der Waals surface area contributed by atoms with E-state index >= 15 is 0 Å². The van der Waals surface area contributed by atoms with Crippen LogP contribution in [0.3, 0.4) is 0 Å². The summed E-state index contributed by atoms with van der Waals surface area (Å²) in [5.41, 5.74) is 3.29. The zero-order valence-electron chi connectivity index (χ0n) is 17.8. The molecular formula is C23H29N3O3S. The summed E-state index contributed by atoms with van der Waals surface area (Å²) >= 11 is 5.51. The molecule has 6 nitrogen and oxygen atoms in total. The molecule has 0 fully saturated rings. The normalized spacial score (nSPS) is 12.9. The maximum absolute atomic E-state index is 5.73. The Bertz CT molecular complexity index is 989. The van der Waals surface area contributed by atoms with Gasteiger partial charge in [0.15, 0.2) is 16.6 Å². The fourth-order valence-corrected chi connectivity index (χ4v) is 4.00. The Balaban J connectivity index is 1.95. The summed E-state index contributed by atoms with van der Waals surface area (Å²) in [6.07, 6.45) is 2.06. The first-order chi connectivity index (χ1) is 14.6. The van der Waals surface area contributed by atoms with Crippen molar-refractivity contribution >= 4 is 28.2 Å². The molecule has 30 heavy (non-hydrogen) atoms. The highest BCUT2D eigenvalue weighted by atomic mass is 32.1.